The number of hydrogen-bond donors (Lipinski definition) is 1. The van der Waals surface area contributed by atoms with Gasteiger partial charge in [0, 0.05) is 19.6 Å². The molecule has 2 aromatic carbocycles. The lowest BCUT2D eigenvalue weighted by atomic mass is 9.94. The normalized spacial score (nSPS) is 14.8. The molecule has 0 atom stereocenters. The SMILES string of the molecule is O=C(O)c1cccc2c1CN(Cc1ccccc1)CC2. The van der Waals surface area contributed by atoms with Crippen molar-refractivity contribution in [2.75, 3.05) is 6.54 Å². The first-order chi connectivity index (χ1) is 9.74. The Morgan fingerprint density at radius 1 is 1.10 bits per heavy atom. The molecule has 1 aliphatic rings. The van der Waals surface area contributed by atoms with Crippen LogP contribution in [0.2, 0.25) is 0 Å². The van der Waals surface area contributed by atoms with Gasteiger partial charge in [-0.3, -0.25) is 4.90 Å². The van der Waals surface area contributed by atoms with Crippen molar-refractivity contribution in [3.8, 4) is 0 Å². The summed E-state index contributed by atoms with van der Waals surface area (Å²) in [4.78, 5) is 13.6. The lowest BCUT2D eigenvalue weighted by Crippen LogP contribution is -2.31. The third-order valence-corrected chi connectivity index (χ3v) is 3.83. The van der Waals surface area contributed by atoms with Crippen molar-refractivity contribution in [3.63, 3.8) is 0 Å². The van der Waals surface area contributed by atoms with Crippen molar-refractivity contribution < 1.29 is 9.90 Å². The van der Waals surface area contributed by atoms with Crippen LogP contribution in [0.4, 0.5) is 0 Å². The van der Waals surface area contributed by atoms with Crippen LogP contribution in [0, 0.1) is 0 Å². The highest BCUT2D eigenvalue weighted by molar-refractivity contribution is 5.89. The summed E-state index contributed by atoms with van der Waals surface area (Å²) >= 11 is 0. The minimum atomic E-state index is -0.830. The van der Waals surface area contributed by atoms with Crippen molar-refractivity contribution >= 4 is 5.97 Å². The fourth-order valence-corrected chi connectivity index (χ4v) is 2.81. The second-order valence-electron chi connectivity index (χ2n) is 5.19. The van der Waals surface area contributed by atoms with E-state index in [0.29, 0.717) is 12.1 Å². The third kappa shape index (κ3) is 2.58. The summed E-state index contributed by atoms with van der Waals surface area (Å²) in [7, 11) is 0. The highest BCUT2D eigenvalue weighted by Gasteiger charge is 2.21. The van der Waals surface area contributed by atoms with Gasteiger partial charge in [-0.25, -0.2) is 4.79 Å². The number of carbonyl (C=O) groups is 1. The molecule has 1 aliphatic heterocycles. The molecule has 0 aliphatic carbocycles. The molecule has 20 heavy (non-hydrogen) atoms. The number of nitrogens with zero attached hydrogens (tertiary/aromatic N) is 1. The van der Waals surface area contributed by atoms with Crippen LogP contribution in [0.5, 0.6) is 0 Å². The zero-order valence-electron chi connectivity index (χ0n) is 11.2. The molecule has 0 saturated carbocycles. The highest BCUT2D eigenvalue weighted by Crippen LogP contribution is 2.24. The number of carboxylic acids is 1. The van der Waals surface area contributed by atoms with E-state index in [9.17, 15) is 9.90 Å². The molecule has 0 aromatic heterocycles. The summed E-state index contributed by atoms with van der Waals surface area (Å²) < 4.78 is 0. The van der Waals surface area contributed by atoms with Crippen LogP contribution >= 0.6 is 0 Å². The molecule has 3 nitrogen and oxygen atoms in total. The van der Waals surface area contributed by atoms with Crippen molar-refractivity contribution in [2.45, 2.75) is 19.5 Å². The standard InChI is InChI=1S/C17H17NO2/c19-17(20)15-8-4-7-14-9-10-18(12-16(14)15)11-13-5-2-1-3-6-13/h1-8H,9-12H2,(H,19,20). The topological polar surface area (TPSA) is 40.5 Å². The Bertz CT molecular complexity index is 622. The first-order valence-electron chi connectivity index (χ1n) is 6.84. The predicted molar refractivity (Wildman–Crippen MR) is 77.7 cm³/mol. The Labute approximate surface area is 118 Å². The van der Waals surface area contributed by atoms with Crippen LogP contribution < -0.4 is 0 Å². The molecule has 3 rings (SSSR count). The van der Waals surface area contributed by atoms with Crippen LogP contribution in [0.1, 0.15) is 27.0 Å². The summed E-state index contributed by atoms with van der Waals surface area (Å²) in [5.41, 5.74) is 3.86. The molecule has 0 spiro atoms. The van der Waals surface area contributed by atoms with Gasteiger partial charge in [0.2, 0.25) is 0 Å². The number of rotatable bonds is 3. The van der Waals surface area contributed by atoms with E-state index in [1.807, 2.05) is 30.3 Å². The van der Waals surface area contributed by atoms with Gasteiger partial charge >= 0.3 is 5.97 Å². The number of hydrogen-bond acceptors (Lipinski definition) is 2. The molecule has 102 valence electrons. The van der Waals surface area contributed by atoms with Gasteiger partial charge in [-0.05, 0) is 29.2 Å². The average Bonchev–Trinajstić information content (AvgIpc) is 2.47. The highest BCUT2D eigenvalue weighted by atomic mass is 16.4. The van der Waals surface area contributed by atoms with Crippen LogP contribution in [-0.4, -0.2) is 22.5 Å². The monoisotopic (exact) mass is 267 g/mol. The van der Waals surface area contributed by atoms with Gasteiger partial charge in [-0.1, -0.05) is 42.5 Å². The molecule has 0 bridgehead atoms. The van der Waals surface area contributed by atoms with Crippen LogP contribution in [0.25, 0.3) is 0 Å². The third-order valence-electron chi connectivity index (χ3n) is 3.83. The molecule has 0 saturated heterocycles. The van der Waals surface area contributed by atoms with E-state index in [2.05, 4.69) is 17.0 Å². The first kappa shape index (κ1) is 12.9. The second-order valence-corrected chi connectivity index (χ2v) is 5.19. The molecule has 0 fully saturated rings. The van der Waals surface area contributed by atoms with Gasteiger partial charge in [-0.15, -0.1) is 0 Å². The molecule has 0 unspecified atom stereocenters. The fraction of sp³-hybridized carbons (Fsp3) is 0.235. The maximum Gasteiger partial charge on any atom is 0.336 e. The zero-order valence-corrected chi connectivity index (χ0v) is 11.2. The lowest BCUT2D eigenvalue weighted by Gasteiger charge is -2.29. The zero-order chi connectivity index (χ0) is 13.9. The van der Waals surface area contributed by atoms with Gasteiger partial charge in [0.25, 0.3) is 0 Å². The molecule has 1 heterocycles. The van der Waals surface area contributed by atoms with Crippen LogP contribution in [0.15, 0.2) is 48.5 Å². The van der Waals surface area contributed by atoms with E-state index >= 15 is 0 Å². The maximum absolute atomic E-state index is 11.3. The molecule has 3 heteroatoms. The summed E-state index contributed by atoms with van der Waals surface area (Å²) in [6, 6.07) is 15.9. The van der Waals surface area contributed by atoms with Gasteiger partial charge in [0.1, 0.15) is 0 Å². The Morgan fingerprint density at radius 3 is 2.65 bits per heavy atom. The molecule has 1 N–H and O–H groups in total. The van der Waals surface area contributed by atoms with Gasteiger partial charge < -0.3 is 5.11 Å². The Morgan fingerprint density at radius 2 is 1.90 bits per heavy atom. The van der Waals surface area contributed by atoms with Crippen LogP contribution in [-0.2, 0) is 19.5 Å². The summed E-state index contributed by atoms with van der Waals surface area (Å²) in [6.45, 7) is 2.56. The van der Waals surface area contributed by atoms with E-state index in [1.54, 1.807) is 6.07 Å². The first-order valence-corrected chi connectivity index (χ1v) is 6.84. The average molecular weight is 267 g/mol. The largest absolute Gasteiger partial charge is 0.478 e. The predicted octanol–water partition coefficient (Wildman–Crippen LogP) is 2.94. The molecule has 0 amide bonds. The summed E-state index contributed by atoms with van der Waals surface area (Å²) in [5.74, 6) is -0.830. The Hall–Kier alpha value is -2.13. The number of benzene rings is 2. The van der Waals surface area contributed by atoms with E-state index in [4.69, 9.17) is 0 Å². The van der Waals surface area contributed by atoms with Crippen LogP contribution in [0.3, 0.4) is 0 Å². The van der Waals surface area contributed by atoms with E-state index < -0.39 is 5.97 Å². The quantitative estimate of drug-likeness (QED) is 0.929. The minimum Gasteiger partial charge on any atom is -0.478 e. The maximum atomic E-state index is 11.3. The van der Waals surface area contributed by atoms with Crippen molar-refractivity contribution in [2.24, 2.45) is 0 Å². The van der Waals surface area contributed by atoms with Crippen molar-refractivity contribution in [1.82, 2.24) is 4.90 Å². The molecular weight excluding hydrogens is 250 g/mol. The van der Waals surface area contributed by atoms with Gasteiger partial charge in [0.15, 0.2) is 0 Å². The smallest absolute Gasteiger partial charge is 0.336 e. The Kier molecular flexibility index (Phi) is 3.52. The van der Waals surface area contributed by atoms with Crippen molar-refractivity contribution in [1.29, 1.82) is 0 Å². The number of aromatic carboxylic acids is 1. The minimum absolute atomic E-state index is 0.445. The second kappa shape index (κ2) is 5.47. The Balaban J connectivity index is 1.82. The summed E-state index contributed by atoms with van der Waals surface area (Å²) in [6.07, 6.45) is 0.920. The molecule has 0 radical (unpaired) electrons. The molecular formula is C17H17NO2. The summed E-state index contributed by atoms with van der Waals surface area (Å²) in [5, 5.41) is 9.30. The number of fused-ring (bicyclic) bond motifs is 1. The van der Waals surface area contributed by atoms with Gasteiger partial charge in [0.05, 0.1) is 5.56 Å². The van der Waals surface area contributed by atoms with Gasteiger partial charge in [-0.2, -0.15) is 0 Å². The van der Waals surface area contributed by atoms with Crippen molar-refractivity contribution in [3.05, 3.63) is 70.8 Å². The fourth-order valence-electron chi connectivity index (χ4n) is 2.81. The van der Waals surface area contributed by atoms with E-state index in [-0.39, 0.29) is 0 Å². The van der Waals surface area contributed by atoms with E-state index in [0.717, 1.165) is 25.1 Å². The molecule has 2 aromatic rings. The number of carboxylic acid groups (broad SMARTS) is 1. The van der Waals surface area contributed by atoms with E-state index in [1.165, 1.54) is 11.1 Å². The lowest BCUT2D eigenvalue weighted by molar-refractivity contribution is 0.0693.